The number of hydrogen-bond donors (Lipinski definition) is 1. The van der Waals surface area contributed by atoms with Crippen molar-refractivity contribution in [3.63, 3.8) is 0 Å². The van der Waals surface area contributed by atoms with E-state index in [2.05, 4.69) is 20.9 Å². The smallest absolute Gasteiger partial charge is 0.335 e. The SMILES string of the molecule is CN1C(=O)C(=Cc2ccccc2OCc2ccc(Br)cc2)SC1=Nc1cccc(C(=O)O)c1. The van der Waals surface area contributed by atoms with Gasteiger partial charge in [0.25, 0.3) is 5.91 Å². The molecule has 1 aliphatic rings. The molecule has 1 fully saturated rings. The van der Waals surface area contributed by atoms with Gasteiger partial charge in [0.05, 0.1) is 16.2 Å². The van der Waals surface area contributed by atoms with E-state index in [0.29, 0.717) is 28.1 Å². The van der Waals surface area contributed by atoms with Crippen LogP contribution in [-0.2, 0) is 11.4 Å². The van der Waals surface area contributed by atoms with Crippen molar-refractivity contribution in [1.29, 1.82) is 0 Å². The molecule has 0 aromatic heterocycles. The Morgan fingerprint density at radius 1 is 1.12 bits per heavy atom. The minimum atomic E-state index is -1.03. The van der Waals surface area contributed by atoms with Gasteiger partial charge < -0.3 is 9.84 Å². The Labute approximate surface area is 203 Å². The Morgan fingerprint density at radius 3 is 2.64 bits per heavy atom. The Hall–Kier alpha value is -3.36. The van der Waals surface area contributed by atoms with Crippen LogP contribution in [0.3, 0.4) is 0 Å². The van der Waals surface area contributed by atoms with Gasteiger partial charge in [0.1, 0.15) is 12.4 Å². The van der Waals surface area contributed by atoms with E-state index >= 15 is 0 Å². The molecular formula is C25H19BrN2O4S. The summed E-state index contributed by atoms with van der Waals surface area (Å²) in [6.07, 6.45) is 1.79. The van der Waals surface area contributed by atoms with Crippen LogP contribution in [-0.4, -0.2) is 34.1 Å². The van der Waals surface area contributed by atoms with E-state index in [-0.39, 0.29) is 11.5 Å². The van der Waals surface area contributed by atoms with Gasteiger partial charge in [0, 0.05) is 17.1 Å². The molecule has 6 nitrogen and oxygen atoms in total. The second-order valence-electron chi connectivity index (χ2n) is 7.18. The number of halogens is 1. The van der Waals surface area contributed by atoms with Crippen LogP contribution >= 0.6 is 27.7 Å². The lowest BCUT2D eigenvalue weighted by Gasteiger charge is -2.10. The first-order valence-electron chi connectivity index (χ1n) is 9.96. The zero-order valence-corrected chi connectivity index (χ0v) is 20.0. The molecule has 0 spiro atoms. The highest BCUT2D eigenvalue weighted by Crippen LogP contribution is 2.35. The van der Waals surface area contributed by atoms with Crippen LogP contribution in [0.25, 0.3) is 6.08 Å². The van der Waals surface area contributed by atoms with Crippen LogP contribution in [0.5, 0.6) is 5.75 Å². The average molecular weight is 523 g/mol. The van der Waals surface area contributed by atoms with Crippen LogP contribution < -0.4 is 4.74 Å². The summed E-state index contributed by atoms with van der Waals surface area (Å²) >= 11 is 4.66. The fourth-order valence-corrected chi connectivity index (χ4v) is 4.33. The maximum Gasteiger partial charge on any atom is 0.335 e. The molecule has 1 saturated heterocycles. The van der Waals surface area contributed by atoms with Gasteiger partial charge in [-0.1, -0.05) is 52.3 Å². The molecule has 166 valence electrons. The lowest BCUT2D eigenvalue weighted by Crippen LogP contribution is -2.23. The second kappa shape index (κ2) is 10.1. The third kappa shape index (κ3) is 5.53. The van der Waals surface area contributed by atoms with Crippen LogP contribution in [0.2, 0.25) is 0 Å². The molecule has 1 aliphatic heterocycles. The van der Waals surface area contributed by atoms with Crippen LogP contribution in [0.15, 0.2) is 87.2 Å². The van der Waals surface area contributed by atoms with Gasteiger partial charge in [-0.15, -0.1) is 0 Å². The van der Waals surface area contributed by atoms with Gasteiger partial charge in [0.15, 0.2) is 5.17 Å². The molecule has 1 amide bonds. The topological polar surface area (TPSA) is 79.2 Å². The number of likely N-dealkylation sites (N-methyl/N-ethyl adjacent to an activating group) is 1. The van der Waals surface area contributed by atoms with Crippen LogP contribution in [0.1, 0.15) is 21.5 Å². The highest BCUT2D eigenvalue weighted by molar-refractivity contribution is 9.10. The molecule has 0 radical (unpaired) electrons. The number of para-hydroxylation sites is 1. The molecule has 3 aromatic carbocycles. The summed E-state index contributed by atoms with van der Waals surface area (Å²) in [6.45, 7) is 0.404. The number of thioether (sulfide) groups is 1. The number of carboxylic acid groups (broad SMARTS) is 1. The normalized spacial score (nSPS) is 15.9. The number of carbonyl (C=O) groups excluding carboxylic acids is 1. The summed E-state index contributed by atoms with van der Waals surface area (Å²) in [7, 11) is 1.64. The van der Waals surface area contributed by atoms with E-state index in [4.69, 9.17) is 4.74 Å². The maximum atomic E-state index is 12.8. The van der Waals surface area contributed by atoms with Crippen molar-refractivity contribution >= 4 is 56.5 Å². The number of nitrogens with zero attached hydrogens (tertiary/aromatic N) is 2. The number of ether oxygens (including phenoxy) is 1. The number of carboxylic acids is 1. The lowest BCUT2D eigenvalue weighted by atomic mass is 10.2. The number of rotatable bonds is 6. The Bertz CT molecular complexity index is 1270. The van der Waals surface area contributed by atoms with Crippen molar-refractivity contribution in [2.24, 2.45) is 4.99 Å². The summed E-state index contributed by atoms with van der Waals surface area (Å²) < 4.78 is 7.02. The summed E-state index contributed by atoms with van der Waals surface area (Å²) in [6, 6.07) is 21.7. The van der Waals surface area contributed by atoms with Crippen molar-refractivity contribution in [1.82, 2.24) is 4.90 Å². The predicted octanol–water partition coefficient (Wildman–Crippen LogP) is 5.96. The number of aliphatic imine (C=N–C) groups is 1. The molecule has 4 rings (SSSR count). The fraction of sp³-hybridized carbons (Fsp3) is 0.0800. The summed E-state index contributed by atoms with van der Waals surface area (Å²) in [5.41, 5.74) is 2.43. The average Bonchev–Trinajstić information content (AvgIpc) is 3.07. The third-order valence-corrected chi connectivity index (χ3v) is 6.42. The molecule has 1 heterocycles. The first-order valence-corrected chi connectivity index (χ1v) is 11.6. The van der Waals surface area contributed by atoms with E-state index in [9.17, 15) is 14.7 Å². The number of hydrogen-bond acceptors (Lipinski definition) is 5. The Kier molecular flexibility index (Phi) is 6.96. The van der Waals surface area contributed by atoms with Gasteiger partial charge in [-0.3, -0.25) is 9.69 Å². The van der Waals surface area contributed by atoms with E-state index in [1.54, 1.807) is 25.3 Å². The highest BCUT2D eigenvalue weighted by Gasteiger charge is 2.30. The van der Waals surface area contributed by atoms with Gasteiger partial charge in [-0.2, -0.15) is 0 Å². The molecule has 0 saturated carbocycles. The van der Waals surface area contributed by atoms with Crippen LogP contribution in [0.4, 0.5) is 5.69 Å². The van der Waals surface area contributed by atoms with Gasteiger partial charge in [0.2, 0.25) is 0 Å². The molecule has 0 aliphatic carbocycles. The van der Waals surface area contributed by atoms with Crippen molar-refractivity contribution in [2.45, 2.75) is 6.61 Å². The Balaban J connectivity index is 1.56. The van der Waals surface area contributed by atoms with Crippen molar-refractivity contribution in [3.05, 3.63) is 98.9 Å². The molecule has 33 heavy (non-hydrogen) atoms. The molecule has 0 unspecified atom stereocenters. The molecule has 0 atom stereocenters. The summed E-state index contributed by atoms with van der Waals surface area (Å²) in [4.78, 5) is 30.5. The fourth-order valence-electron chi connectivity index (χ4n) is 3.08. The monoisotopic (exact) mass is 522 g/mol. The third-order valence-electron chi connectivity index (χ3n) is 4.83. The quantitative estimate of drug-likeness (QED) is 0.404. The van der Waals surface area contributed by atoms with E-state index < -0.39 is 5.97 Å². The molecule has 1 N–H and O–H groups in total. The zero-order chi connectivity index (χ0) is 23.4. The van der Waals surface area contributed by atoms with Crippen molar-refractivity contribution < 1.29 is 19.4 Å². The molecular weight excluding hydrogens is 504 g/mol. The lowest BCUT2D eigenvalue weighted by molar-refractivity contribution is -0.121. The number of carbonyl (C=O) groups is 2. The molecule has 0 bridgehead atoms. The standard InChI is InChI=1S/C25H19BrN2O4S/c1-28-23(29)22(33-25(28)27-20-7-4-6-18(13-20)24(30)31)14-17-5-2-3-8-21(17)32-15-16-9-11-19(26)12-10-16/h2-14H,15H2,1H3,(H,30,31). The minimum Gasteiger partial charge on any atom is -0.488 e. The van der Waals surface area contributed by atoms with Gasteiger partial charge in [-0.05, 0) is 59.8 Å². The number of amidine groups is 1. The number of amides is 1. The zero-order valence-electron chi connectivity index (χ0n) is 17.6. The minimum absolute atomic E-state index is 0.140. The van der Waals surface area contributed by atoms with Crippen molar-refractivity contribution in [3.8, 4) is 5.75 Å². The summed E-state index contributed by atoms with van der Waals surface area (Å²) in [5.74, 6) is -0.541. The van der Waals surface area contributed by atoms with Crippen LogP contribution in [0, 0.1) is 0 Å². The second-order valence-corrected chi connectivity index (χ2v) is 9.10. The van der Waals surface area contributed by atoms with Crippen molar-refractivity contribution in [2.75, 3.05) is 7.05 Å². The maximum absolute atomic E-state index is 12.8. The number of aromatic carboxylic acids is 1. The highest BCUT2D eigenvalue weighted by atomic mass is 79.9. The van der Waals surface area contributed by atoms with E-state index in [1.165, 1.54) is 28.8 Å². The first-order chi connectivity index (χ1) is 15.9. The van der Waals surface area contributed by atoms with E-state index in [0.717, 1.165) is 15.6 Å². The molecule has 8 heteroatoms. The Morgan fingerprint density at radius 2 is 1.88 bits per heavy atom. The largest absolute Gasteiger partial charge is 0.488 e. The van der Waals surface area contributed by atoms with E-state index in [1.807, 2.05) is 48.5 Å². The number of benzene rings is 3. The van der Waals surface area contributed by atoms with Gasteiger partial charge in [-0.25, -0.2) is 9.79 Å². The first kappa shape index (κ1) is 22.8. The van der Waals surface area contributed by atoms with Gasteiger partial charge >= 0.3 is 5.97 Å². The molecule has 3 aromatic rings. The summed E-state index contributed by atoms with van der Waals surface area (Å²) in [5, 5.41) is 9.66. The predicted molar refractivity (Wildman–Crippen MR) is 134 cm³/mol.